The minimum Gasteiger partial charge on any atom is -0.508 e. The first-order valence-corrected chi connectivity index (χ1v) is 12.1. The summed E-state index contributed by atoms with van der Waals surface area (Å²) in [4.78, 5) is 0. The van der Waals surface area contributed by atoms with Crippen LogP contribution >= 0.6 is 0 Å². The van der Waals surface area contributed by atoms with Crippen molar-refractivity contribution in [3.8, 4) is 28.4 Å². The molecule has 0 unspecified atom stereocenters. The Balaban J connectivity index is 0.000000191. The lowest BCUT2D eigenvalue weighted by molar-refractivity contribution is 0.475. The summed E-state index contributed by atoms with van der Waals surface area (Å²) in [6.07, 6.45) is 0. The van der Waals surface area contributed by atoms with Crippen LogP contribution in [-0.4, -0.2) is 15.3 Å². The number of hydrogen-bond donors (Lipinski definition) is 3. The highest BCUT2D eigenvalue weighted by atomic mass is 16.3. The minimum atomic E-state index is 0.322. The molecule has 0 saturated heterocycles. The van der Waals surface area contributed by atoms with Crippen LogP contribution in [0.1, 0.15) is 22.3 Å². The third-order valence-corrected chi connectivity index (χ3v) is 5.83. The van der Waals surface area contributed by atoms with Crippen LogP contribution in [0.2, 0.25) is 0 Å². The molecule has 0 spiro atoms. The second kappa shape index (κ2) is 15.5. The summed E-state index contributed by atoms with van der Waals surface area (Å²) in [5, 5.41) is 25.9. The van der Waals surface area contributed by atoms with Gasteiger partial charge in [-0.15, -0.1) is 0 Å². The van der Waals surface area contributed by atoms with Gasteiger partial charge in [-0.05, 0) is 97.5 Å². The Bertz CT molecular complexity index is 1210. The summed E-state index contributed by atoms with van der Waals surface area (Å²) >= 11 is 0. The quantitative estimate of drug-likeness (QED) is 0.219. The van der Waals surface area contributed by atoms with Crippen LogP contribution in [0.4, 0.5) is 0 Å². The second-order valence-electron chi connectivity index (χ2n) is 8.49. The van der Waals surface area contributed by atoms with Crippen molar-refractivity contribution in [3.63, 3.8) is 0 Å². The molecule has 0 radical (unpaired) electrons. The van der Waals surface area contributed by atoms with Crippen LogP contribution in [0.3, 0.4) is 0 Å². The molecule has 3 heteroatoms. The molecule has 37 heavy (non-hydrogen) atoms. The molecule has 3 nitrogen and oxygen atoms in total. The molecule has 0 aromatic heterocycles. The van der Waals surface area contributed by atoms with Crippen LogP contribution in [0.15, 0.2) is 127 Å². The first-order chi connectivity index (χ1) is 17.8. The highest BCUT2D eigenvalue weighted by Crippen LogP contribution is 2.29. The van der Waals surface area contributed by atoms with Crippen LogP contribution < -0.4 is 0 Å². The number of hydrogen-bond acceptors (Lipinski definition) is 3. The van der Waals surface area contributed by atoms with Crippen LogP contribution in [0.5, 0.6) is 17.2 Å². The second-order valence-corrected chi connectivity index (χ2v) is 8.49. The normalized spacial score (nSPS) is 9.41. The topological polar surface area (TPSA) is 60.7 Å². The van der Waals surface area contributed by atoms with E-state index in [4.69, 9.17) is 15.3 Å². The third kappa shape index (κ3) is 10.3. The third-order valence-electron chi connectivity index (χ3n) is 5.83. The predicted octanol–water partition coefficient (Wildman–Crippen LogP) is 8.76. The van der Waals surface area contributed by atoms with Gasteiger partial charge in [0.2, 0.25) is 0 Å². The molecule has 0 aliphatic carbocycles. The Morgan fingerprint density at radius 2 is 0.703 bits per heavy atom. The van der Waals surface area contributed by atoms with Crippen molar-refractivity contribution in [3.05, 3.63) is 150 Å². The van der Waals surface area contributed by atoms with Gasteiger partial charge in [-0.2, -0.15) is 0 Å². The molecule has 0 heterocycles. The van der Waals surface area contributed by atoms with E-state index in [1.807, 2.05) is 18.2 Å². The first kappa shape index (κ1) is 28.7. The summed E-state index contributed by atoms with van der Waals surface area (Å²) in [7, 11) is 0. The Labute approximate surface area is 221 Å². The molecule has 0 bridgehead atoms. The van der Waals surface area contributed by atoms with E-state index in [1.54, 1.807) is 72.8 Å². The van der Waals surface area contributed by atoms with Crippen molar-refractivity contribution in [2.75, 3.05) is 0 Å². The molecule has 0 aliphatic rings. The van der Waals surface area contributed by atoms with E-state index >= 15 is 0 Å². The van der Waals surface area contributed by atoms with Gasteiger partial charge in [0.25, 0.3) is 0 Å². The lowest BCUT2D eigenvalue weighted by atomic mass is 9.91. The highest BCUT2D eigenvalue weighted by molar-refractivity contribution is 5.70. The van der Waals surface area contributed by atoms with Gasteiger partial charge >= 0.3 is 0 Å². The fourth-order valence-electron chi connectivity index (χ4n) is 3.41. The zero-order valence-electron chi connectivity index (χ0n) is 22.0. The largest absolute Gasteiger partial charge is 0.508 e. The number of phenolic OH excluding ortho intramolecular Hbond substituents is 3. The summed E-state index contributed by atoms with van der Waals surface area (Å²) in [5.74, 6) is 0.965. The van der Waals surface area contributed by atoms with E-state index in [2.05, 4.69) is 64.1 Å². The van der Waals surface area contributed by atoms with Crippen molar-refractivity contribution in [1.29, 1.82) is 0 Å². The van der Waals surface area contributed by atoms with E-state index in [0.29, 0.717) is 17.2 Å². The summed E-state index contributed by atoms with van der Waals surface area (Å²) < 4.78 is 0. The van der Waals surface area contributed by atoms with Gasteiger partial charge in [-0.1, -0.05) is 91.0 Å². The molecule has 0 amide bonds. The van der Waals surface area contributed by atoms with Crippen LogP contribution in [-0.2, 0) is 0 Å². The number of aromatic hydroxyl groups is 3. The van der Waals surface area contributed by atoms with E-state index in [-0.39, 0.29) is 0 Å². The number of para-hydroxylation sites is 3. The molecule has 190 valence electrons. The van der Waals surface area contributed by atoms with Crippen LogP contribution in [0.25, 0.3) is 11.1 Å². The van der Waals surface area contributed by atoms with Gasteiger partial charge in [-0.25, -0.2) is 0 Å². The minimum absolute atomic E-state index is 0.322. The van der Waals surface area contributed by atoms with Crippen molar-refractivity contribution in [2.24, 2.45) is 0 Å². The maximum Gasteiger partial charge on any atom is 0.115 e. The standard InChI is InChI=1S/C16H18.3C6H6O/c1-11-10-16(14(4)13(3)12(11)2)15-8-6-5-7-9-15;3*7-6-4-2-1-3-5-6/h5-10H,1-4H3;3*1-5,7H. The molecule has 5 rings (SSSR count). The lowest BCUT2D eigenvalue weighted by Crippen LogP contribution is -1.94. The molecule has 0 fully saturated rings. The first-order valence-electron chi connectivity index (χ1n) is 12.1. The number of benzene rings is 5. The lowest BCUT2D eigenvalue weighted by Gasteiger charge is -2.14. The predicted molar refractivity (Wildman–Crippen MR) is 155 cm³/mol. The summed E-state index contributed by atoms with van der Waals surface area (Å²) in [6.45, 7) is 8.81. The zero-order chi connectivity index (χ0) is 27.0. The maximum absolute atomic E-state index is 8.63. The van der Waals surface area contributed by atoms with E-state index in [0.717, 1.165) is 0 Å². The van der Waals surface area contributed by atoms with Crippen molar-refractivity contribution in [1.82, 2.24) is 0 Å². The highest BCUT2D eigenvalue weighted by Gasteiger charge is 2.08. The van der Waals surface area contributed by atoms with Gasteiger partial charge in [0.15, 0.2) is 0 Å². The molecule has 0 aliphatic heterocycles. The number of phenols is 3. The summed E-state index contributed by atoms with van der Waals surface area (Å²) in [5.41, 5.74) is 8.28. The van der Waals surface area contributed by atoms with Gasteiger partial charge in [0.1, 0.15) is 17.2 Å². The number of rotatable bonds is 1. The van der Waals surface area contributed by atoms with E-state index in [9.17, 15) is 0 Å². The summed E-state index contributed by atoms with van der Waals surface area (Å²) in [6, 6.07) is 39.0. The monoisotopic (exact) mass is 492 g/mol. The SMILES string of the molecule is Cc1cc(-c2ccccc2)c(C)c(C)c1C.Oc1ccccc1.Oc1ccccc1.Oc1ccccc1. The molecule has 0 atom stereocenters. The maximum atomic E-state index is 8.63. The number of aryl methyl sites for hydroxylation is 1. The van der Waals surface area contributed by atoms with E-state index in [1.165, 1.54) is 33.4 Å². The van der Waals surface area contributed by atoms with Crippen molar-refractivity contribution in [2.45, 2.75) is 27.7 Å². The molecule has 5 aromatic carbocycles. The van der Waals surface area contributed by atoms with Crippen LogP contribution in [0, 0.1) is 27.7 Å². The fourth-order valence-corrected chi connectivity index (χ4v) is 3.41. The smallest absolute Gasteiger partial charge is 0.115 e. The van der Waals surface area contributed by atoms with Crippen molar-refractivity contribution < 1.29 is 15.3 Å². The molecular formula is C34H36O3. The average molecular weight is 493 g/mol. The Kier molecular flexibility index (Phi) is 12.0. The van der Waals surface area contributed by atoms with Gasteiger partial charge in [0, 0.05) is 0 Å². The Morgan fingerprint density at radius 1 is 0.378 bits per heavy atom. The van der Waals surface area contributed by atoms with Gasteiger partial charge in [-0.3, -0.25) is 0 Å². The van der Waals surface area contributed by atoms with Gasteiger partial charge < -0.3 is 15.3 Å². The van der Waals surface area contributed by atoms with Gasteiger partial charge in [0.05, 0.1) is 0 Å². The zero-order valence-corrected chi connectivity index (χ0v) is 22.0. The fraction of sp³-hybridized carbons (Fsp3) is 0.118. The molecule has 3 N–H and O–H groups in total. The Morgan fingerprint density at radius 3 is 1.00 bits per heavy atom. The van der Waals surface area contributed by atoms with Crippen molar-refractivity contribution >= 4 is 0 Å². The molecule has 5 aromatic rings. The average Bonchev–Trinajstić information content (AvgIpc) is 2.92. The Hall–Kier alpha value is -4.50. The molecule has 0 saturated carbocycles. The molecular weight excluding hydrogens is 456 g/mol. The van der Waals surface area contributed by atoms with E-state index < -0.39 is 0 Å².